The minimum Gasteiger partial charge on any atom is -0.444 e. The highest BCUT2D eigenvalue weighted by Gasteiger charge is 2.45. The Morgan fingerprint density at radius 1 is 1.53 bits per heavy atom. The summed E-state index contributed by atoms with van der Waals surface area (Å²) in [7, 11) is 0. The minimum atomic E-state index is -0.694. The molecule has 2 atom stereocenters. The number of hydrogen-bond donors (Lipinski definition) is 1. The third-order valence-corrected chi connectivity index (χ3v) is 3.18. The van der Waals surface area contributed by atoms with Gasteiger partial charge in [-0.15, -0.1) is 0 Å². The fourth-order valence-electron chi connectivity index (χ4n) is 2.22. The van der Waals surface area contributed by atoms with Gasteiger partial charge in [-0.2, -0.15) is 0 Å². The molecule has 0 aromatic heterocycles. The van der Waals surface area contributed by atoms with Crippen molar-refractivity contribution < 1.29 is 19.4 Å². The van der Waals surface area contributed by atoms with Crippen LogP contribution in [0.4, 0.5) is 4.79 Å². The second-order valence-electron chi connectivity index (χ2n) is 6.56. The van der Waals surface area contributed by atoms with Gasteiger partial charge in [-0.1, -0.05) is 6.92 Å². The Bertz CT molecular complexity index is 322. The number of ether oxygens (including phenoxy) is 2. The average molecular weight is 273 g/mol. The van der Waals surface area contributed by atoms with Gasteiger partial charge in [-0.25, -0.2) is 4.79 Å². The van der Waals surface area contributed by atoms with Crippen LogP contribution in [0.3, 0.4) is 0 Å². The van der Waals surface area contributed by atoms with Crippen LogP contribution in [0, 0.1) is 0 Å². The molecule has 0 radical (unpaired) electrons. The number of carbonyl (C=O) groups is 1. The summed E-state index contributed by atoms with van der Waals surface area (Å²) in [4.78, 5) is 13.9. The summed E-state index contributed by atoms with van der Waals surface area (Å²) in [6, 6.07) is -0.139. The van der Waals surface area contributed by atoms with Gasteiger partial charge in [0.2, 0.25) is 0 Å². The summed E-state index contributed by atoms with van der Waals surface area (Å²) >= 11 is 0. The summed E-state index contributed by atoms with van der Waals surface area (Å²) in [5.41, 5.74) is -1.23. The summed E-state index contributed by atoms with van der Waals surface area (Å²) in [6.45, 7) is 11.6. The number of rotatable bonds is 3. The number of hydrogen-bond acceptors (Lipinski definition) is 4. The van der Waals surface area contributed by atoms with E-state index in [2.05, 4.69) is 0 Å². The van der Waals surface area contributed by atoms with Crippen LogP contribution in [-0.2, 0) is 9.47 Å². The van der Waals surface area contributed by atoms with Crippen LogP contribution in [0.15, 0.2) is 0 Å². The highest BCUT2D eigenvalue weighted by Crippen LogP contribution is 2.31. The van der Waals surface area contributed by atoms with Gasteiger partial charge in [0.1, 0.15) is 11.3 Å². The SMILES string of the molecule is CCC(O)CC1COC(C)(C)N1C(=O)OC(C)(C)C. The van der Waals surface area contributed by atoms with E-state index in [4.69, 9.17) is 9.47 Å². The highest BCUT2D eigenvalue weighted by atomic mass is 16.6. The lowest BCUT2D eigenvalue weighted by molar-refractivity contribution is -0.0637. The summed E-state index contributed by atoms with van der Waals surface area (Å²) in [5.74, 6) is 0. The molecule has 0 aromatic rings. The standard InChI is InChI=1S/C14H27NO4/c1-7-11(16)8-10-9-18-14(5,6)15(10)12(17)19-13(2,3)4/h10-11,16H,7-9H2,1-6H3. The molecule has 1 N–H and O–H groups in total. The molecule has 0 aromatic carbocycles. The van der Waals surface area contributed by atoms with Crippen molar-refractivity contribution in [2.24, 2.45) is 0 Å². The van der Waals surface area contributed by atoms with Crippen LogP contribution in [0.1, 0.15) is 54.4 Å². The van der Waals surface area contributed by atoms with Crippen molar-refractivity contribution >= 4 is 6.09 Å². The molecule has 5 heteroatoms. The van der Waals surface area contributed by atoms with Crippen LogP contribution in [0.5, 0.6) is 0 Å². The van der Waals surface area contributed by atoms with Crippen molar-refractivity contribution in [2.45, 2.75) is 77.9 Å². The number of carbonyl (C=O) groups excluding carboxylic acids is 1. The van der Waals surface area contributed by atoms with Gasteiger partial charge in [0, 0.05) is 0 Å². The second kappa shape index (κ2) is 5.67. The van der Waals surface area contributed by atoms with E-state index >= 15 is 0 Å². The zero-order valence-corrected chi connectivity index (χ0v) is 12.9. The first-order valence-electron chi connectivity index (χ1n) is 6.91. The fraction of sp³-hybridized carbons (Fsp3) is 0.929. The maximum Gasteiger partial charge on any atom is 0.412 e. The molecular weight excluding hydrogens is 246 g/mol. The molecule has 0 bridgehead atoms. The average Bonchev–Trinajstić information content (AvgIpc) is 2.51. The van der Waals surface area contributed by atoms with Gasteiger partial charge in [0.05, 0.1) is 18.8 Å². The topological polar surface area (TPSA) is 59.0 Å². The van der Waals surface area contributed by atoms with Gasteiger partial charge >= 0.3 is 6.09 Å². The zero-order chi connectivity index (χ0) is 14.8. The third-order valence-electron chi connectivity index (χ3n) is 3.18. The van der Waals surface area contributed by atoms with Crippen LogP contribution < -0.4 is 0 Å². The Kier molecular flexibility index (Phi) is 4.85. The Hall–Kier alpha value is -0.810. The smallest absolute Gasteiger partial charge is 0.412 e. The first-order chi connectivity index (χ1) is 8.57. The molecule has 0 spiro atoms. The molecule has 112 valence electrons. The Balaban J connectivity index is 2.81. The van der Waals surface area contributed by atoms with Crippen molar-refractivity contribution in [2.75, 3.05) is 6.61 Å². The normalized spacial score (nSPS) is 24.4. The van der Waals surface area contributed by atoms with E-state index in [9.17, 15) is 9.90 Å². The zero-order valence-electron chi connectivity index (χ0n) is 12.9. The van der Waals surface area contributed by atoms with Gasteiger partial charge in [-0.3, -0.25) is 4.90 Å². The van der Waals surface area contributed by atoms with Crippen LogP contribution in [-0.4, -0.2) is 46.2 Å². The number of amides is 1. The molecule has 0 aliphatic carbocycles. The van der Waals surface area contributed by atoms with E-state index in [1.54, 1.807) is 4.90 Å². The monoisotopic (exact) mass is 273 g/mol. The van der Waals surface area contributed by atoms with Crippen LogP contribution in [0.25, 0.3) is 0 Å². The van der Waals surface area contributed by atoms with Crippen molar-refractivity contribution in [1.82, 2.24) is 4.90 Å². The molecule has 1 rings (SSSR count). The number of aliphatic hydroxyl groups is 1. The molecule has 0 saturated carbocycles. The number of nitrogens with zero attached hydrogens (tertiary/aromatic N) is 1. The largest absolute Gasteiger partial charge is 0.444 e. The van der Waals surface area contributed by atoms with E-state index in [0.29, 0.717) is 19.4 Å². The molecular formula is C14H27NO4. The fourth-order valence-corrected chi connectivity index (χ4v) is 2.22. The van der Waals surface area contributed by atoms with E-state index < -0.39 is 17.4 Å². The van der Waals surface area contributed by atoms with E-state index in [1.165, 1.54) is 0 Å². The second-order valence-corrected chi connectivity index (χ2v) is 6.56. The molecule has 1 fully saturated rings. The molecule has 19 heavy (non-hydrogen) atoms. The predicted octanol–water partition coefficient (Wildman–Crippen LogP) is 2.52. The lowest BCUT2D eigenvalue weighted by Gasteiger charge is -2.35. The highest BCUT2D eigenvalue weighted by molar-refractivity contribution is 5.69. The van der Waals surface area contributed by atoms with Crippen molar-refractivity contribution in [3.05, 3.63) is 0 Å². The van der Waals surface area contributed by atoms with Crippen molar-refractivity contribution in [3.63, 3.8) is 0 Å². The van der Waals surface area contributed by atoms with Gasteiger partial charge in [0.25, 0.3) is 0 Å². The lowest BCUT2D eigenvalue weighted by atomic mass is 10.1. The maximum atomic E-state index is 12.3. The van der Waals surface area contributed by atoms with E-state index in [1.807, 2.05) is 41.5 Å². The quantitative estimate of drug-likeness (QED) is 0.858. The minimum absolute atomic E-state index is 0.139. The first kappa shape index (κ1) is 16.2. The van der Waals surface area contributed by atoms with Crippen LogP contribution in [0.2, 0.25) is 0 Å². The van der Waals surface area contributed by atoms with E-state index in [0.717, 1.165) is 0 Å². The molecule has 1 heterocycles. The summed E-state index contributed by atoms with van der Waals surface area (Å²) in [5, 5.41) is 9.79. The summed E-state index contributed by atoms with van der Waals surface area (Å²) < 4.78 is 11.1. The molecule has 1 amide bonds. The number of aliphatic hydroxyl groups excluding tert-OH is 1. The molecule has 2 unspecified atom stereocenters. The molecule has 5 nitrogen and oxygen atoms in total. The van der Waals surface area contributed by atoms with Gasteiger partial charge < -0.3 is 14.6 Å². The van der Waals surface area contributed by atoms with Crippen molar-refractivity contribution in [3.8, 4) is 0 Å². The molecule has 1 saturated heterocycles. The van der Waals surface area contributed by atoms with Crippen LogP contribution >= 0.6 is 0 Å². The van der Waals surface area contributed by atoms with Gasteiger partial charge in [0.15, 0.2) is 0 Å². The Morgan fingerprint density at radius 3 is 2.58 bits per heavy atom. The lowest BCUT2D eigenvalue weighted by Crippen LogP contribution is -2.50. The third kappa shape index (κ3) is 4.35. The van der Waals surface area contributed by atoms with Crippen molar-refractivity contribution in [1.29, 1.82) is 0 Å². The Morgan fingerprint density at radius 2 is 2.11 bits per heavy atom. The maximum absolute atomic E-state index is 12.3. The molecule has 1 aliphatic rings. The van der Waals surface area contributed by atoms with Gasteiger partial charge in [-0.05, 0) is 47.5 Å². The Labute approximate surface area is 115 Å². The first-order valence-corrected chi connectivity index (χ1v) is 6.91. The predicted molar refractivity (Wildman–Crippen MR) is 72.8 cm³/mol. The van der Waals surface area contributed by atoms with E-state index in [-0.39, 0.29) is 12.1 Å². The molecule has 1 aliphatic heterocycles. The summed E-state index contributed by atoms with van der Waals surface area (Å²) in [6.07, 6.45) is 0.369.